The molecule has 0 radical (unpaired) electrons. The zero-order valence-corrected chi connectivity index (χ0v) is 15.3. The fourth-order valence-corrected chi connectivity index (χ4v) is 2.91. The normalized spacial score (nSPS) is 11.1. The maximum atomic E-state index is 12.8. The SMILES string of the molecule is COc1cc(OC)c(C(=O)/C=C/c2ccc3c(ccn3C)c2)c(OC)c1. The number of fused-ring (bicyclic) bond motifs is 1. The molecule has 0 spiro atoms. The monoisotopic (exact) mass is 351 g/mol. The molecule has 1 aromatic heterocycles. The maximum absolute atomic E-state index is 12.8. The van der Waals surface area contributed by atoms with E-state index in [0.717, 1.165) is 16.5 Å². The average Bonchev–Trinajstić information content (AvgIpc) is 3.05. The summed E-state index contributed by atoms with van der Waals surface area (Å²) in [6, 6.07) is 11.4. The Balaban J connectivity index is 1.94. The molecule has 1 heterocycles. The van der Waals surface area contributed by atoms with E-state index in [-0.39, 0.29) is 5.78 Å². The lowest BCUT2D eigenvalue weighted by atomic mass is 10.1. The van der Waals surface area contributed by atoms with E-state index < -0.39 is 0 Å². The number of carbonyl (C=O) groups excluding carboxylic acids is 1. The molecule has 0 bridgehead atoms. The third-order valence-corrected chi connectivity index (χ3v) is 4.30. The van der Waals surface area contributed by atoms with Gasteiger partial charge in [-0.3, -0.25) is 4.79 Å². The highest BCUT2D eigenvalue weighted by molar-refractivity contribution is 6.10. The molecule has 0 unspecified atom stereocenters. The zero-order chi connectivity index (χ0) is 18.7. The molecule has 26 heavy (non-hydrogen) atoms. The van der Waals surface area contributed by atoms with E-state index in [4.69, 9.17) is 14.2 Å². The number of benzene rings is 2. The minimum atomic E-state index is -0.200. The second-order valence-corrected chi connectivity index (χ2v) is 5.85. The molecular weight excluding hydrogens is 330 g/mol. The van der Waals surface area contributed by atoms with Crippen molar-refractivity contribution in [1.29, 1.82) is 0 Å². The number of carbonyl (C=O) groups is 1. The van der Waals surface area contributed by atoms with E-state index in [0.29, 0.717) is 22.8 Å². The molecule has 0 aliphatic rings. The molecule has 3 rings (SSSR count). The summed E-state index contributed by atoms with van der Waals surface area (Å²) in [6.45, 7) is 0. The lowest BCUT2D eigenvalue weighted by Gasteiger charge is -2.13. The van der Waals surface area contributed by atoms with Gasteiger partial charge in [0.05, 0.1) is 21.3 Å². The molecule has 0 fully saturated rings. The van der Waals surface area contributed by atoms with E-state index in [2.05, 4.69) is 4.57 Å². The first kappa shape index (κ1) is 17.6. The number of allylic oxidation sites excluding steroid dienone is 1. The molecule has 5 nitrogen and oxygen atoms in total. The van der Waals surface area contributed by atoms with Gasteiger partial charge in [0.2, 0.25) is 0 Å². The lowest BCUT2D eigenvalue weighted by Crippen LogP contribution is -2.03. The van der Waals surface area contributed by atoms with E-state index in [1.165, 1.54) is 20.3 Å². The van der Waals surface area contributed by atoms with Crippen LogP contribution in [0, 0.1) is 0 Å². The molecular formula is C21H21NO4. The van der Waals surface area contributed by atoms with Crippen LogP contribution in [0.15, 0.2) is 48.7 Å². The number of methoxy groups -OCH3 is 3. The Hall–Kier alpha value is -3.21. The first-order valence-electron chi connectivity index (χ1n) is 8.15. The van der Waals surface area contributed by atoms with Gasteiger partial charge in [-0.15, -0.1) is 0 Å². The van der Waals surface area contributed by atoms with Crippen molar-refractivity contribution in [1.82, 2.24) is 4.57 Å². The fourth-order valence-electron chi connectivity index (χ4n) is 2.91. The van der Waals surface area contributed by atoms with Crippen LogP contribution in [0.5, 0.6) is 17.2 Å². The summed E-state index contributed by atoms with van der Waals surface area (Å²) in [4.78, 5) is 12.8. The summed E-state index contributed by atoms with van der Waals surface area (Å²) in [5.74, 6) is 1.19. The smallest absolute Gasteiger partial charge is 0.193 e. The van der Waals surface area contributed by atoms with Crippen LogP contribution < -0.4 is 14.2 Å². The Morgan fingerprint density at radius 3 is 2.27 bits per heavy atom. The minimum absolute atomic E-state index is 0.200. The highest BCUT2D eigenvalue weighted by Crippen LogP contribution is 2.34. The summed E-state index contributed by atoms with van der Waals surface area (Å²) in [6.07, 6.45) is 5.32. The van der Waals surface area contributed by atoms with Crippen LogP contribution in [0.3, 0.4) is 0 Å². The third-order valence-electron chi connectivity index (χ3n) is 4.30. The number of aromatic nitrogens is 1. The fraction of sp³-hybridized carbons (Fsp3) is 0.190. The molecule has 3 aromatic rings. The number of hydrogen-bond acceptors (Lipinski definition) is 4. The van der Waals surface area contributed by atoms with Crippen LogP contribution in [0.1, 0.15) is 15.9 Å². The summed E-state index contributed by atoms with van der Waals surface area (Å²) in [5.41, 5.74) is 2.46. The number of aryl methyl sites for hydroxylation is 1. The summed E-state index contributed by atoms with van der Waals surface area (Å²) in [7, 11) is 6.58. The van der Waals surface area contributed by atoms with Gasteiger partial charge in [-0.2, -0.15) is 0 Å². The Bertz CT molecular complexity index is 960. The topological polar surface area (TPSA) is 49.7 Å². The second-order valence-electron chi connectivity index (χ2n) is 5.85. The number of rotatable bonds is 6. The van der Waals surface area contributed by atoms with Crippen molar-refractivity contribution in [2.75, 3.05) is 21.3 Å². The van der Waals surface area contributed by atoms with Gasteiger partial charge in [-0.05, 0) is 29.8 Å². The van der Waals surface area contributed by atoms with Crippen molar-refractivity contribution in [2.45, 2.75) is 0 Å². The Labute approximate surface area is 152 Å². The van der Waals surface area contributed by atoms with E-state index in [1.807, 2.05) is 37.5 Å². The quantitative estimate of drug-likeness (QED) is 0.496. The highest BCUT2D eigenvalue weighted by atomic mass is 16.5. The van der Waals surface area contributed by atoms with Gasteiger partial charge in [-0.1, -0.05) is 12.1 Å². The van der Waals surface area contributed by atoms with Gasteiger partial charge in [0.1, 0.15) is 22.8 Å². The van der Waals surface area contributed by atoms with Crippen molar-refractivity contribution in [2.24, 2.45) is 7.05 Å². The number of ether oxygens (including phenoxy) is 3. The molecule has 0 aliphatic carbocycles. The van der Waals surface area contributed by atoms with Crippen molar-refractivity contribution < 1.29 is 19.0 Å². The van der Waals surface area contributed by atoms with Gasteiger partial charge < -0.3 is 18.8 Å². The van der Waals surface area contributed by atoms with Gasteiger partial charge in [0.15, 0.2) is 5.78 Å². The number of ketones is 1. The Morgan fingerprint density at radius 1 is 0.962 bits per heavy atom. The first-order valence-corrected chi connectivity index (χ1v) is 8.15. The highest BCUT2D eigenvalue weighted by Gasteiger charge is 2.18. The van der Waals surface area contributed by atoms with Crippen LogP contribution in [0.2, 0.25) is 0 Å². The second kappa shape index (κ2) is 7.35. The van der Waals surface area contributed by atoms with Crippen LogP contribution in [-0.4, -0.2) is 31.7 Å². The summed E-state index contributed by atoms with van der Waals surface area (Å²) >= 11 is 0. The molecule has 0 aliphatic heterocycles. The Morgan fingerprint density at radius 2 is 1.65 bits per heavy atom. The van der Waals surface area contributed by atoms with Crippen LogP contribution in [0.4, 0.5) is 0 Å². The number of nitrogens with zero attached hydrogens (tertiary/aromatic N) is 1. The van der Waals surface area contributed by atoms with E-state index in [9.17, 15) is 4.79 Å². The average molecular weight is 351 g/mol. The van der Waals surface area contributed by atoms with E-state index >= 15 is 0 Å². The molecule has 0 saturated heterocycles. The first-order chi connectivity index (χ1) is 12.6. The number of hydrogen-bond donors (Lipinski definition) is 0. The van der Waals surface area contributed by atoms with Crippen molar-refractivity contribution in [3.05, 3.63) is 59.8 Å². The molecule has 5 heteroatoms. The molecule has 0 atom stereocenters. The van der Waals surface area contributed by atoms with Crippen molar-refractivity contribution >= 4 is 22.8 Å². The zero-order valence-electron chi connectivity index (χ0n) is 15.3. The van der Waals surface area contributed by atoms with Gasteiger partial charge in [0, 0.05) is 36.3 Å². The molecule has 0 amide bonds. The molecule has 2 aromatic carbocycles. The van der Waals surface area contributed by atoms with Gasteiger partial charge in [0.25, 0.3) is 0 Å². The predicted molar refractivity (Wildman–Crippen MR) is 102 cm³/mol. The molecule has 0 saturated carbocycles. The summed E-state index contributed by atoms with van der Waals surface area (Å²) in [5, 5.41) is 1.13. The lowest BCUT2D eigenvalue weighted by molar-refractivity contribution is 0.104. The van der Waals surface area contributed by atoms with Crippen molar-refractivity contribution in [3.63, 3.8) is 0 Å². The predicted octanol–water partition coefficient (Wildman–Crippen LogP) is 4.10. The van der Waals surface area contributed by atoms with Crippen molar-refractivity contribution in [3.8, 4) is 17.2 Å². The van der Waals surface area contributed by atoms with Crippen LogP contribution in [-0.2, 0) is 7.05 Å². The van der Waals surface area contributed by atoms with Gasteiger partial charge >= 0.3 is 0 Å². The van der Waals surface area contributed by atoms with E-state index in [1.54, 1.807) is 25.3 Å². The standard InChI is InChI=1S/C21H21NO4/c1-22-10-9-15-11-14(5-7-17(15)22)6-8-18(23)21-19(25-3)12-16(24-2)13-20(21)26-4/h5-13H,1-4H3/b8-6+. The minimum Gasteiger partial charge on any atom is -0.496 e. The molecule has 134 valence electrons. The summed E-state index contributed by atoms with van der Waals surface area (Å²) < 4.78 is 18.0. The molecule has 0 N–H and O–H groups in total. The van der Waals surface area contributed by atoms with Crippen LogP contribution >= 0.6 is 0 Å². The van der Waals surface area contributed by atoms with Crippen LogP contribution in [0.25, 0.3) is 17.0 Å². The Kier molecular flexibility index (Phi) is 4.98. The largest absolute Gasteiger partial charge is 0.496 e. The maximum Gasteiger partial charge on any atom is 0.193 e. The van der Waals surface area contributed by atoms with Gasteiger partial charge in [-0.25, -0.2) is 0 Å². The third kappa shape index (κ3) is 3.28.